The predicted octanol–water partition coefficient (Wildman–Crippen LogP) is -1.10. The van der Waals surface area contributed by atoms with Gasteiger partial charge < -0.3 is 10.6 Å². The van der Waals surface area contributed by atoms with Crippen molar-refractivity contribution >= 4 is 15.9 Å². The minimum Gasteiger partial charge on any atom is -0.355 e. The molecule has 0 spiro atoms. The van der Waals surface area contributed by atoms with Crippen LogP contribution in [-0.4, -0.2) is 46.8 Å². The Kier molecular flexibility index (Phi) is 7.27. The Hall–Kier alpha value is -0.660. The maximum absolute atomic E-state index is 11.4. The van der Waals surface area contributed by atoms with Gasteiger partial charge in [0.25, 0.3) is 0 Å². The second kappa shape index (κ2) is 7.59. The zero-order valence-corrected chi connectivity index (χ0v) is 10.9. The van der Waals surface area contributed by atoms with Crippen LogP contribution in [-0.2, 0) is 14.8 Å². The molecule has 96 valence electrons. The Labute approximate surface area is 97.2 Å². The van der Waals surface area contributed by atoms with E-state index in [1.165, 1.54) is 0 Å². The first-order chi connectivity index (χ1) is 7.37. The lowest BCUT2D eigenvalue weighted by molar-refractivity contribution is -0.124. The number of rotatable bonds is 8. The van der Waals surface area contributed by atoms with Crippen molar-refractivity contribution in [2.75, 3.05) is 32.4 Å². The Balaban J connectivity index is 3.65. The molecule has 0 heterocycles. The Morgan fingerprint density at radius 2 is 1.94 bits per heavy atom. The van der Waals surface area contributed by atoms with E-state index in [1.807, 2.05) is 13.8 Å². The summed E-state index contributed by atoms with van der Waals surface area (Å²) in [6, 6.07) is 0. The molecule has 0 saturated carbocycles. The van der Waals surface area contributed by atoms with Crippen LogP contribution in [0.4, 0.5) is 0 Å². The number of hydrogen-bond donors (Lipinski definition) is 3. The van der Waals surface area contributed by atoms with E-state index in [4.69, 9.17) is 0 Å². The van der Waals surface area contributed by atoms with Crippen molar-refractivity contribution in [2.45, 2.75) is 13.8 Å². The fourth-order valence-corrected chi connectivity index (χ4v) is 1.52. The highest BCUT2D eigenvalue weighted by Gasteiger charge is 2.11. The van der Waals surface area contributed by atoms with Gasteiger partial charge in [-0.15, -0.1) is 0 Å². The summed E-state index contributed by atoms with van der Waals surface area (Å²) in [7, 11) is -3.17. The minimum atomic E-state index is -3.17. The zero-order chi connectivity index (χ0) is 12.6. The molecule has 0 aromatic rings. The molecule has 0 aromatic carbocycles. The first-order valence-electron chi connectivity index (χ1n) is 5.30. The van der Waals surface area contributed by atoms with E-state index < -0.39 is 10.0 Å². The summed E-state index contributed by atoms with van der Waals surface area (Å²) >= 11 is 0. The van der Waals surface area contributed by atoms with Crippen molar-refractivity contribution in [1.82, 2.24) is 15.4 Å². The standard InChI is InChI=1S/C9H21N3O3S/c1-4-10-7-8(2)9(13)11-5-6-12-16(3,14)15/h8,10,12H,4-7H2,1-3H3,(H,11,13). The van der Waals surface area contributed by atoms with Crippen LogP contribution in [0.2, 0.25) is 0 Å². The first-order valence-corrected chi connectivity index (χ1v) is 7.19. The van der Waals surface area contributed by atoms with Gasteiger partial charge in [-0.1, -0.05) is 13.8 Å². The lowest BCUT2D eigenvalue weighted by atomic mass is 10.1. The lowest BCUT2D eigenvalue weighted by Gasteiger charge is -2.12. The molecule has 0 saturated heterocycles. The molecule has 0 aromatic heterocycles. The summed E-state index contributed by atoms with van der Waals surface area (Å²) in [5.41, 5.74) is 0. The number of nitrogens with one attached hydrogen (secondary N) is 3. The van der Waals surface area contributed by atoms with Crippen LogP contribution in [0.5, 0.6) is 0 Å². The molecule has 3 N–H and O–H groups in total. The second-order valence-corrected chi connectivity index (χ2v) is 5.50. The third-order valence-electron chi connectivity index (χ3n) is 1.94. The van der Waals surface area contributed by atoms with Crippen LogP contribution < -0.4 is 15.4 Å². The molecule has 0 aliphatic rings. The first kappa shape index (κ1) is 15.3. The van der Waals surface area contributed by atoms with Gasteiger partial charge in [0.1, 0.15) is 0 Å². The largest absolute Gasteiger partial charge is 0.355 e. The number of carbonyl (C=O) groups excluding carboxylic acids is 1. The van der Waals surface area contributed by atoms with Crippen molar-refractivity contribution < 1.29 is 13.2 Å². The van der Waals surface area contributed by atoms with Crippen LogP contribution >= 0.6 is 0 Å². The molecular weight excluding hydrogens is 230 g/mol. The van der Waals surface area contributed by atoms with E-state index in [-0.39, 0.29) is 18.4 Å². The summed E-state index contributed by atoms with van der Waals surface area (Å²) in [6.07, 6.45) is 1.09. The Morgan fingerprint density at radius 3 is 2.44 bits per heavy atom. The van der Waals surface area contributed by atoms with Crippen LogP contribution in [0.1, 0.15) is 13.8 Å². The van der Waals surface area contributed by atoms with Crippen LogP contribution in [0.25, 0.3) is 0 Å². The molecular formula is C9H21N3O3S. The SMILES string of the molecule is CCNCC(C)C(=O)NCCNS(C)(=O)=O. The normalized spacial score (nSPS) is 13.4. The molecule has 0 fully saturated rings. The highest BCUT2D eigenvalue weighted by atomic mass is 32.2. The maximum Gasteiger partial charge on any atom is 0.224 e. The van der Waals surface area contributed by atoms with Crippen LogP contribution in [0.3, 0.4) is 0 Å². The molecule has 1 unspecified atom stereocenters. The molecule has 16 heavy (non-hydrogen) atoms. The van der Waals surface area contributed by atoms with Gasteiger partial charge in [-0.05, 0) is 6.54 Å². The van der Waals surface area contributed by atoms with E-state index in [9.17, 15) is 13.2 Å². The predicted molar refractivity (Wildman–Crippen MR) is 63.6 cm³/mol. The van der Waals surface area contributed by atoms with Gasteiger partial charge in [-0.25, -0.2) is 13.1 Å². The monoisotopic (exact) mass is 251 g/mol. The van der Waals surface area contributed by atoms with Gasteiger partial charge in [0.2, 0.25) is 15.9 Å². The number of hydrogen-bond acceptors (Lipinski definition) is 4. The molecule has 0 radical (unpaired) electrons. The Bertz CT molecular complexity index is 303. The van der Waals surface area contributed by atoms with Gasteiger partial charge in [-0.3, -0.25) is 4.79 Å². The minimum absolute atomic E-state index is 0.0729. The molecule has 6 nitrogen and oxygen atoms in total. The summed E-state index contributed by atoms with van der Waals surface area (Å²) < 4.78 is 23.7. The van der Waals surface area contributed by atoms with Gasteiger partial charge in [-0.2, -0.15) is 0 Å². The molecule has 1 amide bonds. The molecule has 0 rings (SSSR count). The van der Waals surface area contributed by atoms with Gasteiger partial charge in [0.05, 0.1) is 6.26 Å². The topological polar surface area (TPSA) is 87.3 Å². The highest BCUT2D eigenvalue weighted by Crippen LogP contribution is 1.91. The molecule has 1 atom stereocenters. The van der Waals surface area contributed by atoms with Crippen molar-refractivity contribution in [1.29, 1.82) is 0 Å². The summed E-state index contributed by atoms with van der Waals surface area (Å²) in [6.45, 7) is 5.78. The van der Waals surface area contributed by atoms with E-state index >= 15 is 0 Å². The third-order valence-corrected chi connectivity index (χ3v) is 2.67. The Morgan fingerprint density at radius 1 is 1.31 bits per heavy atom. The maximum atomic E-state index is 11.4. The van der Waals surface area contributed by atoms with E-state index in [0.29, 0.717) is 13.1 Å². The molecule has 0 bridgehead atoms. The molecule has 0 aliphatic carbocycles. The number of carbonyl (C=O) groups is 1. The summed E-state index contributed by atoms with van der Waals surface area (Å²) in [5, 5.41) is 5.73. The second-order valence-electron chi connectivity index (χ2n) is 3.67. The zero-order valence-electron chi connectivity index (χ0n) is 10.0. The van der Waals surface area contributed by atoms with Crippen molar-refractivity contribution in [2.24, 2.45) is 5.92 Å². The third kappa shape index (κ3) is 8.63. The molecule has 0 aliphatic heterocycles. The van der Waals surface area contributed by atoms with Gasteiger partial charge in [0.15, 0.2) is 0 Å². The highest BCUT2D eigenvalue weighted by molar-refractivity contribution is 7.88. The van der Waals surface area contributed by atoms with Crippen molar-refractivity contribution in [3.63, 3.8) is 0 Å². The van der Waals surface area contributed by atoms with E-state index in [1.54, 1.807) is 0 Å². The summed E-state index contributed by atoms with van der Waals surface area (Å²) in [4.78, 5) is 11.4. The number of sulfonamides is 1. The average molecular weight is 251 g/mol. The lowest BCUT2D eigenvalue weighted by Crippen LogP contribution is -2.39. The number of amides is 1. The average Bonchev–Trinajstić information content (AvgIpc) is 2.19. The van der Waals surface area contributed by atoms with Crippen LogP contribution in [0.15, 0.2) is 0 Å². The smallest absolute Gasteiger partial charge is 0.224 e. The van der Waals surface area contributed by atoms with Crippen molar-refractivity contribution in [3.05, 3.63) is 0 Å². The van der Waals surface area contributed by atoms with E-state index in [2.05, 4.69) is 15.4 Å². The van der Waals surface area contributed by atoms with Gasteiger partial charge in [0, 0.05) is 25.6 Å². The van der Waals surface area contributed by atoms with E-state index in [0.717, 1.165) is 12.8 Å². The van der Waals surface area contributed by atoms with Gasteiger partial charge >= 0.3 is 0 Å². The fraction of sp³-hybridized carbons (Fsp3) is 0.889. The summed E-state index contributed by atoms with van der Waals surface area (Å²) in [5.74, 6) is -0.186. The molecule has 7 heteroatoms. The fourth-order valence-electron chi connectivity index (χ4n) is 1.05. The quantitative estimate of drug-likeness (QED) is 0.478. The van der Waals surface area contributed by atoms with Crippen LogP contribution in [0, 0.1) is 5.92 Å². The van der Waals surface area contributed by atoms with Crippen molar-refractivity contribution in [3.8, 4) is 0 Å².